The number of amides is 2. The zero-order chi connectivity index (χ0) is 18.4. The maximum absolute atomic E-state index is 13.0. The summed E-state index contributed by atoms with van der Waals surface area (Å²) in [5, 5.41) is 5.78. The largest absolute Gasteiger partial charge is 0.324 e. The van der Waals surface area contributed by atoms with Gasteiger partial charge in [0.2, 0.25) is 11.8 Å². The smallest absolute Gasteiger partial charge is 0.238 e. The molecule has 2 rings (SSSR count). The normalized spacial score (nSPS) is 10.6. The van der Waals surface area contributed by atoms with Gasteiger partial charge >= 0.3 is 0 Å². The molecule has 5 nitrogen and oxygen atoms in total. The molecule has 0 aliphatic carbocycles. The molecule has 0 saturated heterocycles. The van der Waals surface area contributed by atoms with Gasteiger partial charge in [-0.1, -0.05) is 35.3 Å². The number of nitrogens with zero attached hydrogens (tertiary/aromatic N) is 1. The van der Waals surface area contributed by atoms with Gasteiger partial charge in [-0.25, -0.2) is 4.39 Å². The number of nitrogens with one attached hydrogen (secondary N) is 2. The van der Waals surface area contributed by atoms with Crippen molar-refractivity contribution in [1.29, 1.82) is 0 Å². The minimum atomic E-state index is -0.489. The number of anilines is 2. The van der Waals surface area contributed by atoms with Gasteiger partial charge in [0, 0.05) is 0 Å². The van der Waals surface area contributed by atoms with Gasteiger partial charge in [-0.2, -0.15) is 0 Å². The van der Waals surface area contributed by atoms with Gasteiger partial charge in [0.15, 0.2) is 0 Å². The van der Waals surface area contributed by atoms with E-state index in [0.29, 0.717) is 16.4 Å². The summed E-state index contributed by atoms with van der Waals surface area (Å²) in [7, 11) is 1.62. The standard InChI is InChI=1S/C17H16Cl2FN3O2/c1-23(9-16(24)21-14-5-3-2-4-12(14)18)10-17(25)22-15-7-6-11(20)8-13(15)19/h2-8H,9-10H2,1H3,(H,21,24)(H,22,25). The number of carbonyl (C=O) groups excluding carboxylic acids is 2. The fourth-order valence-corrected chi connectivity index (χ4v) is 2.48. The van der Waals surface area contributed by atoms with E-state index in [0.717, 1.165) is 6.07 Å². The molecule has 0 spiro atoms. The molecule has 0 fully saturated rings. The second-order valence-electron chi connectivity index (χ2n) is 5.37. The second kappa shape index (κ2) is 8.80. The van der Waals surface area contributed by atoms with Crippen LogP contribution >= 0.6 is 23.2 Å². The molecular formula is C17H16Cl2FN3O2. The molecule has 25 heavy (non-hydrogen) atoms. The van der Waals surface area contributed by atoms with Crippen LogP contribution in [0.15, 0.2) is 42.5 Å². The number of hydrogen-bond acceptors (Lipinski definition) is 3. The minimum Gasteiger partial charge on any atom is -0.324 e. The molecule has 2 N–H and O–H groups in total. The Labute approximate surface area is 154 Å². The van der Waals surface area contributed by atoms with Crippen LogP contribution < -0.4 is 10.6 Å². The van der Waals surface area contributed by atoms with Crippen molar-refractivity contribution in [2.45, 2.75) is 0 Å². The molecule has 2 aromatic carbocycles. The predicted octanol–water partition coefficient (Wildman–Crippen LogP) is 3.64. The van der Waals surface area contributed by atoms with Gasteiger partial charge < -0.3 is 10.6 Å². The van der Waals surface area contributed by atoms with Crippen LogP contribution in [-0.2, 0) is 9.59 Å². The topological polar surface area (TPSA) is 61.4 Å². The lowest BCUT2D eigenvalue weighted by Crippen LogP contribution is -2.36. The van der Waals surface area contributed by atoms with E-state index in [2.05, 4.69) is 10.6 Å². The third-order valence-corrected chi connectivity index (χ3v) is 3.82. The highest BCUT2D eigenvalue weighted by Gasteiger charge is 2.13. The monoisotopic (exact) mass is 383 g/mol. The third-order valence-electron chi connectivity index (χ3n) is 3.18. The first-order chi connectivity index (χ1) is 11.8. The number of rotatable bonds is 6. The average molecular weight is 384 g/mol. The summed E-state index contributed by atoms with van der Waals surface area (Å²) < 4.78 is 13.0. The van der Waals surface area contributed by atoms with Crippen molar-refractivity contribution < 1.29 is 14.0 Å². The molecule has 0 saturated carbocycles. The van der Waals surface area contributed by atoms with Crippen LogP contribution in [0.5, 0.6) is 0 Å². The Hall–Kier alpha value is -2.15. The minimum absolute atomic E-state index is 0.00417. The quantitative estimate of drug-likeness (QED) is 0.800. The molecule has 0 unspecified atom stereocenters. The molecule has 0 aliphatic rings. The molecule has 2 aromatic rings. The first kappa shape index (κ1) is 19.2. The highest BCUT2D eigenvalue weighted by molar-refractivity contribution is 6.34. The highest BCUT2D eigenvalue weighted by Crippen LogP contribution is 2.22. The molecule has 0 heterocycles. The Morgan fingerprint density at radius 3 is 2.08 bits per heavy atom. The summed E-state index contributed by atoms with van der Waals surface area (Å²) in [6.07, 6.45) is 0. The van der Waals surface area contributed by atoms with E-state index in [1.54, 1.807) is 31.3 Å². The van der Waals surface area contributed by atoms with E-state index in [4.69, 9.17) is 23.2 Å². The summed E-state index contributed by atoms with van der Waals surface area (Å²) >= 11 is 11.8. The van der Waals surface area contributed by atoms with Gasteiger partial charge in [0.05, 0.1) is 34.5 Å². The maximum Gasteiger partial charge on any atom is 0.238 e. The Kier molecular flexibility index (Phi) is 6.75. The predicted molar refractivity (Wildman–Crippen MR) is 97.6 cm³/mol. The fraction of sp³-hybridized carbons (Fsp3) is 0.176. The molecule has 0 aliphatic heterocycles. The lowest BCUT2D eigenvalue weighted by Gasteiger charge is -2.16. The van der Waals surface area contributed by atoms with E-state index >= 15 is 0 Å². The zero-order valence-corrected chi connectivity index (χ0v) is 14.9. The van der Waals surface area contributed by atoms with Crippen LogP contribution in [0, 0.1) is 5.82 Å². The number of para-hydroxylation sites is 1. The SMILES string of the molecule is CN(CC(=O)Nc1ccccc1Cl)CC(=O)Nc1ccc(F)cc1Cl. The number of benzene rings is 2. The van der Waals surface area contributed by atoms with Crippen LogP contribution in [0.25, 0.3) is 0 Å². The molecular weight excluding hydrogens is 368 g/mol. The average Bonchev–Trinajstić information content (AvgIpc) is 2.52. The molecule has 2 amide bonds. The van der Waals surface area contributed by atoms with Crippen LogP contribution in [0.1, 0.15) is 0 Å². The van der Waals surface area contributed by atoms with Crippen molar-refractivity contribution in [2.24, 2.45) is 0 Å². The Balaban J connectivity index is 1.84. The van der Waals surface area contributed by atoms with Crippen LogP contribution in [0.2, 0.25) is 10.0 Å². The highest BCUT2D eigenvalue weighted by atomic mass is 35.5. The Bertz CT molecular complexity index is 786. The van der Waals surface area contributed by atoms with E-state index in [1.165, 1.54) is 17.0 Å². The first-order valence-electron chi connectivity index (χ1n) is 7.33. The molecule has 0 atom stereocenters. The molecule has 0 radical (unpaired) electrons. The van der Waals surface area contributed by atoms with Crippen molar-refractivity contribution in [2.75, 3.05) is 30.8 Å². The number of likely N-dealkylation sites (N-methyl/N-ethyl adjacent to an activating group) is 1. The Morgan fingerprint density at radius 1 is 0.960 bits per heavy atom. The van der Waals surface area contributed by atoms with Gasteiger partial charge in [-0.15, -0.1) is 0 Å². The fourth-order valence-electron chi connectivity index (χ4n) is 2.08. The van der Waals surface area contributed by atoms with Gasteiger partial charge in [0.25, 0.3) is 0 Å². The van der Waals surface area contributed by atoms with Crippen molar-refractivity contribution in [3.63, 3.8) is 0 Å². The van der Waals surface area contributed by atoms with E-state index in [9.17, 15) is 14.0 Å². The molecule has 0 aromatic heterocycles. The van der Waals surface area contributed by atoms with Crippen molar-refractivity contribution in [1.82, 2.24) is 4.90 Å². The summed E-state index contributed by atoms with van der Waals surface area (Å²) in [5.41, 5.74) is 0.812. The van der Waals surface area contributed by atoms with E-state index < -0.39 is 5.82 Å². The van der Waals surface area contributed by atoms with Gasteiger partial charge in [-0.05, 0) is 37.4 Å². The number of carbonyl (C=O) groups is 2. The molecule has 0 bridgehead atoms. The van der Waals surface area contributed by atoms with Crippen LogP contribution in [0.4, 0.5) is 15.8 Å². The van der Waals surface area contributed by atoms with Gasteiger partial charge in [-0.3, -0.25) is 14.5 Å². The lowest BCUT2D eigenvalue weighted by molar-refractivity contribution is -0.119. The Morgan fingerprint density at radius 2 is 1.52 bits per heavy atom. The summed E-state index contributed by atoms with van der Waals surface area (Å²) in [6.45, 7) is -0.0422. The summed E-state index contributed by atoms with van der Waals surface area (Å²) in [4.78, 5) is 25.5. The number of halogens is 3. The maximum atomic E-state index is 13.0. The van der Waals surface area contributed by atoms with E-state index in [1.807, 2.05) is 0 Å². The summed E-state index contributed by atoms with van der Waals surface area (Å²) in [6, 6.07) is 10.5. The van der Waals surface area contributed by atoms with Crippen LogP contribution in [0.3, 0.4) is 0 Å². The van der Waals surface area contributed by atoms with E-state index in [-0.39, 0.29) is 29.9 Å². The summed E-state index contributed by atoms with van der Waals surface area (Å²) in [5.74, 6) is -1.17. The zero-order valence-electron chi connectivity index (χ0n) is 13.4. The van der Waals surface area contributed by atoms with Crippen molar-refractivity contribution >= 4 is 46.4 Å². The third kappa shape index (κ3) is 6.01. The second-order valence-corrected chi connectivity index (χ2v) is 6.19. The van der Waals surface area contributed by atoms with Gasteiger partial charge in [0.1, 0.15) is 5.82 Å². The van der Waals surface area contributed by atoms with Crippen molar-refractivity contribution in [3.05, 3.63) is 58.3 Å². The molecule has 8 heteroatoms. The van der Waals surface area contributed by atoms with Crippen molar-refractivity contribution in [3.8, 4) is 0 Å². The molecule has 132 valence electrons. The van der Waals surface area contributed by atoms with Crippen LogP contribution in [-0.4, -0.2) is 36.9 Å². The lowest BCUT2D eigenvalue weighted by atomic mass is 10.3. The first-order valence-corrected chi connectivity index (χ1v) is 8.08. The number of hydrogen-bond donors (Lipinski definition) is 2.